The molecule has 2 heterocycles. The standard InChI is InChI=1S/C18H35N3/c19-18(17-6-2-1-3-7-17)15-21-12-8-16(9-13-21)14-20-10-4-5-11-20/h16-18H,1-15,19H2. The molecule has 21 heavy (non-hydrogen) atoms. The minimum atomic E-state index is 0.431. The van der Waals surface area contributed by atoms with Crippen molar-refractivity contribution >= 4 is 0 Å². The lowest BCUT2D eigenvalue weighted by atomic mass is 9.84. The van der Waals surface area contributed by atoms with Gasteiger partial charge in [-0.25, -0.2) is 0 Å². The van der Waals surface area contributed by atoms with Gasteiger partial charge in [-0.2, -0.15) is 0 Å². The highest BCUT2D eigenvalue weighted by Gasteiger charge is 2.26. The molecule has 2 aliphatic heterocycles. The molecule has 122 valence electrons. The van der Waals surface area contributed by atoms with Crippen molar-refractivity contribution in [1.29, 1.82) is 0 Å². The molecule has 3 aliphatic rings. The van der Waals surface area contributed by atoms with Crippen LogP contribution in [0.25, 0.3) is 0 Å². The first-order valence-electron chi connectivity index (χ1n) is 9.51. The highest BCUT2D eigenvalue weighted by Crippen LogP contribution is 2.27. The van der Waals surface area contributed by atoms with Gasteiger partial charge in [0.1, 0.15) is 0 Å². The summed E-state index contributed by atoms with van der Waals surface area (Å²) in [6.45, 7) is 7.81. The summed E-state index contributed by atoms with van der Waals surface area (Å²) in [7, 11) is 0. The first-order valence-corrected chi connectivity index (χ1v) is 9.51. The first kappa shape index (κ1) is 15.8. The van der Waals surface area contributed by atoms with Gasteiger partial charge < -0.3 is 15.5 Å². The summed E-state index contributed by atoms with van der Waals surface area (Å²) < 4.78 is 0. The maximum absolute atomic E-state index is 6.50. The van der Waals surface area contributed by atoms with Crippen LogP contribution < -0.4 is 5.73 Å². The molecule has 3 fully saturated rings. The number of hydrogen-bond donors (Lipinski definition) is 1. The summed E-state index contributed by atoms with van der Waals surface area (Å²) in [5.41, 5.74) is 6.50. The van der Waals surface area contributed by atoms with E-state index >= 15 is 0 Å². The van der Waals surface area contributed by atoms with Crippen LogP contribution in [0.4, 0.5) is 0 Å². The molecule has 0 radical (unpaired) electrons. The van der Waals surface area contributed by atoms with E-state index in [4.69, 9.17) is 5.73 Å². The Bertz CT molecular complexity index is 287. The minimum Gasteiger partial charge on any atom is -0.326 e. The molecule has 0 aromatic heterocycles. The van der Waals surface area contributed by atoms with Gasteiger partial charge in [-0.15, -0.1) is 0 Å². The quantitative estimate of drug-likeness (QED) is 0.846. The van der Waals surface area contributed by atoms with Crippen LogP contribution in [0.3, 0.4) is 0 Å². The number of nitrogens with zero attached hydrogens (tertiary/aromatic N) is 2. The third-order valence-corrected chi connectivity index (χ3v) is 6.15. The number of hydrogen-bond acceptors (Lipinski definition) is 3. The molecule has 0 spiro atoms. The summed E-state index contributed by atoms with van der Waals surface area (Å²) in [6.07, 6.45) is 12.7. The molecule has 1 atom stereocenters. The highest BCUT2D eigenvalue weighted by molar-refractivity contribution is 4.83. The van der Waals surface area contributed by atoms with Crippen LogP contribution in [-0.4, -0.2) is 55.1 Å². The maximum Gasteiger partial charge on any atom is 0.0196 e. The first-order chi connectivity index (χ1) is 10.3. The summed E-state index contributed by atoms with van der Waals surface area (Å²) in [5.74, 6) is 1.76. The second-order valence-corrected chi connectivity index (χ2v) is 7.81. The Kier molecular flexibility index (Phi) is 5.96. The van der Waals surface area contributed by atoms with Crippen LogP contribution in [0.1, 0.15) is 57.8 Å². The average Bonchev–Trinajstić information content (AvgIpc) is 3.03. The normalized spacial score (nSPS) is 29.0. The number of nitrogens with two attached hydrogens (primary N) is 1. The van der Waals surface area contributed by atoms with Crippen molar-refractivity contribution in [1.82, 2.24) is 9.80 Å². The molecule has 2 saturated heterocycles. The van der Waals surface area contributed by atoms with E-state index in [1.165, 1.54) is 90.5 Å². The van der Waals surface area contributed by atoms with Crippen molar-refractivity contribution in [2.45, 2.75) is 63.8 Å². The SMILES string of the molecule is NC(CN1CCC(CN2CCCC2)CC1)C1CCCCC1. The topological polar surface area (TPSA) is 32.5 Å². The van der Waals surface area contributed by atoms with E-state index in [1.807, 2.05) is 0 Å². The predicted molar refractivity (Wildman–Crippen MR) is 89.4 cm³/mol. The number of likely N-dealkylation sites (tertiary alicyclic amines) is 2. The number of rotatable bonds is 5. The fourth-order valence-corrected chi connectivity index (χ4v) is 4.69. The van der Waals surface area contributed by atoms with Crippen LogP contribution in [0.2, 0.25) is 0 Å². The van der Waals surface area contributed by atoms with Gasteiger partial charge in [0.05, 0.1) is 0 Å². The van der Waals surface area contributed by atoms with Gasteiger partial charge in [0.25, 0.3) is 0 Å². The Hall–Kier alpha value is -0.120. The Morgan fingerprint density at radius 3 is 2.10 bits per heavy atom. The van der Waals surface area contributed by atoms with E-state index in [9.17, 15) is 0 Å². The van der Waals surface area contributed by atoms with Gasteiger partial charge in [0.2, 0.25) is 0 Å². The van der Waals surface area contributed by atoms with E-state index in [2.05, 4.69) is 9.80 Å². The van der Waals surface area contributed by atoms with E-state index in [-0.39, 0.29) is 0 Å². The summed E-state index contributed by atoms with van der Waals surface area (Å²) >= 11 is 0. The van der Waals surface area contributed by atoms with Gasteiger partial charge in [-0.3, -0.25) is 0 Å². The molecule has 0 bridgehead atoms. The molecule has 2 N–H and O–H groups in total. The zero-order chi connectivity index (χ0) is 14.5. The second kappa shape index (κ2) is 7.94. The maximum atomic E-state index is 6.50. The smallest absolute Gasteiger partial charge is 0.0196 e. The fraction of sp³-hybridized carbons (Fsp3) is 1.00. The number of piperidine rings is 1. The zero-order valence-electron chi connectivity index (χ0n) is 13.8. The summed E-state index contributed by atoms with van der Waals surface area (Å²) in [6, 6.07) is 0.431. The Labute approximate surface area is 131 Å². The van der Waals surface area contributed by atoms with E-state index in [0.717, 1.165) is 18.4 Å². The molecular weight excluding hydrogens is 258 g/mol. The van der Waals surface area contributed by atoms with Crippen molar-refractivity contribution < 1.29 is 0 Å². The lowest BCUT2D eigenvalue weighted by molar-refractivity contribution is 0.134. The molecule has 3 heteroatoms. The molecule has 3 nitrogen and oxygen atoms in total. The monoisotopic (exact) mass is 293 g/mol. The lowest BCUT2D eigenvalue weighted by Gasteiger charge is -2.37. The van der Waals surface area contributed by atoms with Crippen LogP contribution >= 0.6 is 0 Å². The van der Waals surface area contributed by atoms with E-state index < -0.39 is 0 Å². The van der Waals surface area contributed by atoms with Crippen LogP contribution in [0.15, 0.2) is 0 Å². The van der Waals surface area contributed by atoms with Gasteiger partial charge >= 0.3 is 0 Å². The molecule has 1 saturated carbocycles. The molecule has 0 aromatic rings. The van der Waals surface area contributed by atoms with E-state index in [1.54, 1.807) is 0 Å². The highest BCUT2D eigenvalue weighted by atomic mass is 15.2. The Balaban J connectivity index is 1.34. The largest absolute Gasteiger partial charge is 0.326 e. The molecule has 0 amide bonds. The summed E-state index contributed by atoms with van der Waals surface area (Å²) in [5, 5.41) is 0. The predicted octanol–water partition coefficient (Wildman–Crippen LogP) is 2.70. The zero-order valence-corrected chi connectivity index (χ0v) is 13.8. The van der Waals surface area contributed by atoms with Crippen LogP contribution in [0.5, 0.6) is 0 Å². The van der Waals surface area contributed by atoms with Crippen LogP contribution in [-0.2, 0) is 0 Å². The van der Waals surface area contributed by atoms with Gasteiger partial charge in [-0.1, -0.05) is 19.3 Å². The summed E-state index contributed by atoms with van der Waals surface area (Å²) in [4.78, 5) is 5.34. The lowest BCUT2D eigenvalue weighted by Crippen LogP contribution is -2.46. The average molecular weight is 293 g/mol. The Morgan fingerprint density at radius 1 is 0.762 bits per heavy atom. The molecule has 3 rings (SSSR count). The van der Waals surface area contributed by atoms with Gasteiger partial charge in [0, 0.05) is 19.1 Å². The van der Waals surface area contributed by atoms with Crippen molar-refractivity contribution in [2.24, 2.45) is 17.6 Å². The van der Waals surface area contributed by atoms with Crippen molar-refractivity contribution in [3.8, 4) is 0 Å². The molecule has 1 aliphatic carbocycles. The van der Waals surface area contributed by atoms with E-state index in [0.29, 0.717) is 6.04 Å². The van der Waals surface area contributed by atoms with Crippen molar-refractivity contribution in [3.63, 3.8) is 0 Å². The van der Waals surface area contributed by atoms with Gasteiger partial charge in [-0.05, 0) is 76.5 Å². The molecule has 0 aromatic carbocycles. The second-order valence-electron chi connectivity index (χ2n) is 7.81. The third-order valence-electron chi connectivity index (χ3n) is 6.15. The minimum absolute atomic E-state index is 0.431. The van der Waals surface area contributed by atoms with Crippen LogP contribution in [0, 0.1) is 11.8 Å². The van der Waals surface area contributed by atoms with Gasteiger partial charge in [0.15, 0.2) is 0 Å². The third kappa shape index (κ3) is 4.67. The van der Waals surface area contributed by atoms with Crippen molar-refractivity contribution in [2.75, 3.05) is 39.3 Å². The molecular formula is C18H35N3. The fourth-order valence-electron chi connectivity index (χ4n) is 4.69. The molecule has 1 unspecified atom stereocenters. The Morgan fingerprint density at radius 2 is 1.43 bits per heavy atom. The van der Waals surface area contributed by atoms with Crippen molar-refractivity contribution in [3.05, 3.63) is 0 Å².